The number of nitrogens with zero attached hydrogens (tertiary/aromatic N) is 2. The Hall–Kier alpha value is -1.61. The zero-order valence-corrected chi connectivity index (χ0v) is 12.6. The van der Waals surface area contributed by atoms with Gasteiger partial charge in [-0.05, 0) is 6.42 Å². The predicted octanol–water partition coefficient (Wildman–Crippen LogP) is 0.232. The average Bonchev–Trinajstić information content (AvgIpc) is 2.35. The lowest BCUT2D eigenvalue weighted by Gasteiger charge is -2.09. The zero-order chi connectivity index (χ0) is 15.0. The summed E-state index contributed by atoms with van der Waals surface area (Å²) in [4.78, 5) is 8.05. The van der Waals surface area contributed by atoms with Crippen LogP contribution >= 0.6 is 0 Å². The Morgan fingerprint density at radius 1 is 1.15 bits per heavy atom. The van der Waals surface area contributed by atoms with E-state index in [1.165, 1.54) is 0 Å². The Labute approximate surface area is 119 Å². The molecule has 0 radical (unpaired) electrons. The third-order valence-corrected chi connectivity index (χ3v) is 3.81. The van der Waals surface area contributed by atoms with Gasteiger partial charge in [0.15, 0.2) is 0 Å². The van der Waals surface area contributed by atoms with Gasteiger partial charge < -0.3 is 16.4 Å². The van der Waals surface area contributed by atoms with Crippen molar-refractivity contribution in [1.29, 1.82) is 0 Å². The fourth-order valence-electron chi connectivity index (χ4n) is 1.51. The van der Waals surface area contributed by atoms with E-state index >= 15 is 0 Å². The topological polar surface area (TPSA) is 122 Å². The highest BCUT2D eigenvalue weighted by Crippen LogP contribution is 2.12. The summed E-state index contributed by atoms with van der Waals surface area (Å²) in [5.74, 6) is 1.24. The number of sulfonamides is 1. The van der Waals surface area contributed by atoms with Crippen LogP contribution in [-0.2, 0) is 10.0 Å². The molecule has 0 unspecified atom stereocenters. The minimum absolute atomic E-state index is 0.0253. The van der Waals surface area contributed by atoms with Crippen molar-refractivity contribution in [2.75, 3.05) is 41.8 Å². The second-order valence-corrected chi connectivity index (χ2v) is 6.09. The summed E-state index contributed by atoms with van der Waals surface area (Å²) < 4.78 is 25.4. The van der Waals surface area contributed by atoms with Gasteiger partial charge in [0.1, 0.15) is 11.6 Å². The van der Waals surface area contributed by atoms with Crippen LogP contribution in [0.1, 0.15) is 20.3 Å². The number of aromatic nitrogens is 2. The first-order valence-corrected chi connectivity index (χ1v) is 8.21. The van der Waals surface area contributed by atoms with Gasteiger partial charge in [-0.3, -0.25) is 0 Å². The van der Waals surface area contributed by atoms with E-state index in [-0.39, 0.29) is 18.2 Å². The second kappa shape index (κ2) is 7.85. The highest BCUT2D eigenvalue weighted by Gasteiger charge is 2.08. The maximum absolute atomic E-state index is 11.5. The summed E-state index contributed by atoms with van der Waals surface area (Å²) in [6.07, 6.45) is 0.966. The first kappa shape index (κ1) is 16.4. The van der Waals surface area contributed by atoms with E-state index in [9.17, 15) is 8.42 Å². The van der Waals surface area contributed by atoms with Crippen molar-refractivity contribution in [2.45, 2.75) is 20.3 Å². The third-order valence-electron chi connectivity index (χ3n) is 2.34. The standard InChI is InChI=1S/C11H22N6O2S/c1-3-5-13-9-8-10(17-11(12)16-9)14-6-7-20(18,19)15-4-2/h8,15H,3-7H2,1-2H3,(H4,12,13,14,16,17). The molecule has 0 aromatic carbocycles. The summed E-state index contributed by atoms with van der Waals surface area (Å²) in [6, 6.07) is 1.70. The molecule has 0 bridgehead atoms. The van der Waals surface area contributed by atoms with Crippen LogP contribution in [0.4, 0.5) is 17.6 Å². The smallest absolute Gasteiger partial charge is 0.223 e. The summed E-state index contributed by atoms with van der Waals surface area (Å²) in [5.41, 5.74) is 5.60. The van der Waals surface area contributed by atoms with Crippen LogP contribution in [0.25, 0.3) is 0 Å². The minimum Gasteiger partial charge on any atom is -0.370 e. The maximum Gasteiger partial charge on any atom is 0.223 e. The second-order valence-electron chi connectivity index (χ2n) is 4.17. The lowest BCUT2D eigenvalue weighted by atomic mass is 10.4. The van der Waals surface area contributed by atoms with Crippen LogP contribution in [0.5, 0.6) is 0 Å². The molecule has 0 fully saturated rings. The lowest BCUT2D eigenvalue weighted by molar-refractivity contribution is 0.584. The maximum atomic E-state index is 11.5. The first-order chi connectivity index (χ1) is 9.46. The minimum atomic E-state index is -3.24. The molecule has 114 valence electrons. The third kappa shape index (κ3) is 6.02. The summed E-state index contributed by atoms with van der Waals surface area (Å²) >= 11 is 0. The van der Waals surface area contributed by atoms with Crippen molar-refractivity contribution in [3.05, 3.63) is 6.07 Å². The van der Waals surface area contributed by atoms with E-state index in [1.807, 2.05) is 6.92 Å². The van der Waals surface area contributed by atoms with Crippen LogP contribution in [0.15, 0.2) is 6.07 Å². The van der Waals surface area contributed by atoms with Crippen molar-refractivity contribution < 1.29 is 8.42 Å². The van der Waals surface area contributed by atoms with E-state index < -0.39 is 10.0 Å². The predicted molar refractivity (Wildman–Crippen MR) is 81.2 cm³/mol. The molecule has 0 amide bonds. The van der Waals surface area contributed by atoms with Gasteiger partial charge in [0, 0.05) is 25.7 Å². The highest BCUT2D eigenvalue weighted by atomic mass is 32.2. The number of nitrogen functional groups attached to an aromatic ring is 1. The molecule has 20 heavy (non-hydrogen) atoms. The molecule has 9 heteroatoms. The Morgan fingerprint density at radius 3 is 2.30 bits per heavy atom. The molecule has 0 atom stereocenters. The van der Waals surface area contributed by atoms with E-state index in [1.54, 1.807) is 13.0 Å². The molecule has 0 aliphatic rings. The van der Waals surface area contributed by atoms with Crippen LogP contribution in [0.2, 0.25) is 0 Å². The number of hydrogen-bond donors (Lipinski definition) is 4. The number of anilines is 3. The van der Waals surface area contributed by atoms with Crippen LogP contribution in [0.3, 0.4) is 0 Å². The number of hydrogen-bond acceptors (Lipinski definition) is 7. The highest BCUT2D eigenvalue weighted by molar-refractivity contribution is 7.89. The lowest BCUT2D eigenvalue weighted by Crippen LogP contribution is -2.29. The normalized spacial score (nSPS) is 11.3. The molecule has 1 heterocycles. The molecule has 0 spiro atoms. The van der Waals surface area contributed by atoms with Crippen LogP contribution < -0.4 is 21.1 Å². The SMILES string of the molecule is CCCNc1cc(NCCS(=O)(=O)NCC)nc(N)n1. The van der Waals surface area contributed by atoms with Crippen LogP contribution in [0, 0.1) is 0 Å². The van der Waals surface area contributed by atoms with Crippen LogP contribution in [-0.4, -0.2) is 43.8 Å². The number of nitrogens with two attached hydrogens (primary N) is 1. The molecule has 0 aliphatic carbocycles. The van der Waals surface area contributed by atoms with Gasteiger partial charge >= 0.3 is 0 Å². The summed E-state index contributed by atoms with van der Waals surface area (Å²) in [7, 11) is -3.24. The van der Waals surface area contributed by atoms with E-state index in [0.717, 1.165) is 13.0 Å². The molecule has 8 nitrogen and oxygen atoms in total. The molecule has 5 N–H and O–H groups in total. The first-order valence-electron chi connectivity index (χ1n) is 6.56. The molecular weight excluding hydrogens is 280 g/mol. The van der Waals surface area contributed by atoms with Gasteiger partial charge in [0.25, 0.3) is 0 Å². The summed E-state index contributed by atoms with van der Waals surface area (Å²) in [6.45, 7) is 5.20. The van der Waals surface area contributed by atoms with Gasteiger partial charge in [0.05, 0.1) is 5.75 Å². The van der Waals surface area contributed by atoms with Gasteiger partial charge in [-0.2, -0.15) is 9.97 Å². The molecule has 1 aromatic heterocycles. The Kier molecular flexibility index (Phi) is 6.46. The van der Waals surface area contributed by atoms with Gasteiger partial charge in [-0.1, -0.05) is 13.8 Å². The Bertz CT molecular complexity index is 520. The fourth-order valence-corrected chi connectivity index (χ4v) is 2.46. The average molecular weight is 302 g/mol. The molecular formula is C11H22N6O2S. The van der Waals surface area contributed by atoms with E-state index in [4.69, 9.17) is 5.73 Å². The van der Waals surface area contributed by atoms with Crippen molar-refractivity contribution in [3.8, 4) is 0 Å². The molecule has 0 aliphatic heterocycles. The van der Waals surface area contributed by atoms with Gasteiger partial charge in [0.2, 0.25) is 16.0 Å². The number of rotatable bonds is 9. The van der Waals surface area contributed by atoms with Crippen molar-refractivity contribution in [3.63, 3.8) is 0 Å². The summed E-state index contributed by atoms with van der Waals surface area (Å²) in [5, 5.41) is 6.03. The Morgan fingerprint density at radius 2 is 1.75 bits per heavy atom. The zero-order valence-electron chi connectivity index (χ0n) is 11.8. The quantitative estimate of drug-likeness (QED) is 0.515. The van der Waals surface area contributed by atoms with Crippen molar-refractivity contribution >= 4 is 27.6 Å². The van der Waals surface area contributed by atoms with Gasteiger partial charge in [-0.25, -0.2) is 13.1 Å². The van der Waals surface area contributed by atoms with E-state index in [0.29, 0.717) is 18.2 Å². The van der Waals surface area contributed by atoms with Crippen molar-refractivity contribution in [2.24, 2.45) is 0 Å². The fraction of sp³-hybridized carbons (Fsp3) is 0.636. The monoisotopic (exact) mass is 302 g/mol. The number of nitrogens with one attached hydrogen (secondary N) is 3. The molecule has 1 aromatic rings. The van der Waals surface area contributed by atoms with E-state index in [2.05, 4.69) is 25.3 Å². The van der Waals surface area contributed by atoms with Crippen molar-refractivity contribution in [1.82, 2.24) is 14.7 Å². The molecule has 1 rings (SSSR count). The largest absolute Gasteiger partial charge is 0.370 e. The Balaban J connectivity index is 2.57. The molecule has 0 saturated heterocycles. The molecule has 0 saturated carbocycles. The van der Waals surface area contributed by atoms with Gasteiger partial charge in [-0.15, -0.1) is 0 Å².